The maximum atomic E-state index is 5.91. The summed E-state index contributed by atoms with van der Waals surface area (Å²) in [5, 5.41) is 0. The number of methoxy groups -OCH3 is 4. The van der Waals surface area contributed by atoms with Gasteiger partial charge in [0.15, 0.2) is 0 Å². The number of benzene rings is 2. The molecular weight excluding hydrogens is 469 g/mol. The van der Waals surface area contributed by atoms with Crippen molar-refractivity contribution in [3.05, 3.63) is 34.9 Å². The minimum absolute atomic E-state index is 0.393. The molecule has 6 heteroatoms. The van der Waals surface area contributed by atoms with Crippen molar-refractivity contribution in [1.29, 1.82) is 0 Å². The standard InChI is InChI=1S/C22H28INO4/c1-23(2)24-10-9-14-12-17(26-4)22(28-6)20-18(14)15(24)11-13-7-8-16(25-3)21(27-5)19(13)20/h7-8,12,15H,9-11H2,1-6H3/t15-/m0/s1. The first kappa shape index (κ1) is 19.6. The Kier molecular flexibility index (Phi) is 5.35. The fourth-order valence-electron chi connectivity index (χ4n) is 4.65. The average Bonchev–Trinajstić information content (AvgIpc) is 2.71. The zero-order valence-electron chi connectivity index (χ0n) is 17.4. The molecule has 1 heterocycles. The van der Waals surface area contributed by atoms with E-state index in [2.05, 4.69) is 25.1 Å². The van der Waals surface area contributed by atoms with Crippen LogP contribution in [-0.2, 0) is 12.8 Å². The van der Waals surface area contributed by atoms with E-state index in [0.717, 1.165) is 53.5 Å². The van der Waals surface area contributed by atoms with Gasteiger partial charge < -0.3 is 0 Å². The number of ether oxygens (including phenoxy) is 4. The zero-order chi connectivity index (χ0) is 20.0. The van der Waals surface area contributed by atoms with Crippen LogP contribution < -0.4 is 18.9 Å². The topological polar surface area (TPSA) is 40.2 Å². The molecule has 152 valence electrons. The summed E-state index contributed by atoms with van der Waals surface area (Å²) in [5.41, 5.74) is 6.22. The van der Waals surface area contributed by atoms with E-state index in [1.54, 1.807) is 28.4 Å². The zero-order valence-corrected chi connectivity index (χ0v) is 19.5. The normalized spacial score (nSPS) is 18.1. The van der Waals surface area contributed by atoms with Crippen LogP contribution in [0.2, 0.25) is 0 Å². The predicted octanol–water partition coefficient (Wildman–Crippen LogP) is 4.52. The van der Waals surface area contributed by atoms with Gasteiger partial charge in [-0.3, -0.25) is 0 Å². The average molecular weight is 497 g/mol. The van der Waals surface area contributed by atoms with Crippen LogP contribution in [0.1, 0.15) is 22.7 Å². The van der Waals surface area contributed by atoms with E-state index < -0.39 is 20.1 Å². The van der Waals surface area contributed by atoms with Crippen molar-refractivity contribution in [3.8, 4) is 34.1 Å². The number of rotatable bonds is 5. The Morgan fingerprint density at radius 1 is 0.857 bits per heavy atom. The van der Waals surface area contributed by atoms with Crippen molar-refractivity contribution in [2.45, 2.75) is 18.9 Å². The van der Waals surface area contributed by atoms with Crippen LogP contribution in [0.5, 0.6) is 23.0 Å². The van der Waals surface area contributed by atoms with Gasteiger partial charge in [-0.05, 0) is 0 Å². The van der Waals surface area contributed by atoms with Gasteiger partial charge in [-0.15, -0.1) is 0 Å². The van der Waals surface area contributed by atoms with Crippen molar-refractivity contribution in [2.24, 2.45) is 0 Å². The van der Waals surface area contributed by atoms with Crippen LogP contribution in [0, 0.1) is 0 Å². The van der Waals surface area contributed by atoms with Crippen LogP contribution in [0.3, 0.4) is 0 Å². The van der Waals surface area contributed by atoms with Crippen molar-refractivity contribution in [2.75, 3.05) is 44.8 Å². The van der Waals surface area contributed by atoms with E-state index in [1.807, 2.05) is 6.07 Å². The quantitative estimate of drug-likeness (QED) is 0.345. The summed E-state index contributed by atoms with van der Waals surface area (Å²) in [7, 11) is 6.81. The molecular formula is C22H28INO4. The number of fused-ring (bicyclic) bond motifs is 2. The van der Waals surface area contributed by atoms with Crippen LogP contribution in [-0.4, -0.2) is 48.0 Å². The van der Waals surface area contributed by atoms with Gasteiger partial charge in [0, 0.05) is 0 Å². The Labute approximate surface area is 174 Å². The third kappa shape index (κ3) is 2.84. The molecule has 1 atom stereocenters. The molecule has 4 rings (SSSR count). The van der Waals surface area contributed by atoms with E-state index in [0.29, 0.717) is 6.04 Å². The molecule has 0 unspecified atom stereocenters. The summed E-state index contributed by atoms with van der Waals surface area (Å²) < 4.78 is 25.8. The summed E-state index contributed by atoms with van der Waals surface area (Å²) in [4.78, 5) is 4.86. The van der Waals surface area contributed by atoms with Crippen molar-refractivity contribution in [1.82, 2.24) is 3.11 Å². The fraction of sp³-hybridized carbons (Fsp3) is 0.455. The number of hydrogen-bond donors (Lipinski definition) is 0. The van der Waals surface area contributed by atoms with Crippen molar-refractivity contribution in [3.63, 3.8) is 0 Å². The van der Waals surface area contributed by atoms with Gasteiger partial charge in [-0.2, -0.15) is 0 Å². The number of halogens is 1. The van der Waals surface area contributed by atoms with E-state index in [1.165, 1.54) is 16.7 Å². The number of alkyl halides is 2. The van der Waals surface area contributed by atoms with Crippen molar-refractivity contribution < 1.29 is 18.9 Å². The molecule has 0 fully saturated rings. The second-order valence-corrected chi connectivity index (χ2v) is 12.5. The number of nitrogens with zero attached hydrogens (tertiary/aromatic N) is 1. The Bertz CT molecular complexity index is 912. The van der Waals surface area contributed by atoms with Crippen LogP contribution in [0.15, 0.2) is 18.2 Å². The summed E-state index contributed by atoms with van der Waals surface area (Å²) in [6.45, 7) is 1.12. The summed E-state index contributed by atoms with van der Waals surface area (Å²) in [6.07, 6.45) is 2.03. The van der Waals surface area contributed by atoms with Gasteiger partial charge in [0.25, 0.3) is 0 Å². The van der Waals surface area contributed by atoms with Gasteiger partial charge in [0.05, 0.1) is 0 Å². The third-order valence-corrected chi connectivity index (χ3v) is 9.42. The molecule has 1 aliphatic carbocycles. The van der Waals surface area contributed by atoms with E-state index in [-0.39, 0.29) is 0 Å². The third-order valence-electron chi connectivity index (χ3n) is 5.79. The first-order valence-electron chi connectivity index (χ1n) is 9.34. The first-order valence-corrected chi connectivity index (χ1v) is 14.6. The molecule has 1 aliphatic heterocycles. The van der Waals surface area contributed by atoms with E-state index >= 15 is 0 Å². The molecule has 0 saturated heterocycles. The minimum atomic E-state index is -1.15. The summed E-state index contributed by atoms with van der Waals surface area (Å²) >= 11 is -1.15. The monoisotopic (exact) mass is 497 g/mol. The predicted molar refractivity (Wildman–Crippen MR) is 121 cm³/mol. The molecule has 0 bridgehead atoms. The summed E-state index contributed by atoms with van der Waals surface area (Å²) in [5.74, 6) is 3.08. The van der Waals surface area contributed by atoms with Gasteiger partial charge in [0.2, 0.25) is 0 Å². The molecule has 0 aromatic heterocycles. The molecule has 5 nitrogen and oxygen atoms in total. The van der Waals surface area contributed by atoms with Crippen LogP contribution in [0.4, 0.5) is 0 Å². The Hall–Kier alpha value is -1.67. The molecule has 28 heavy (non-hydrogen) atoms. The van der Waals surface area contributed by atoms with E-state index in [4.69, 9.17) is 18.9 Å². The summed E-state index contributed by atoms with van der Waals surface area (Å²) in [6, 6.07) is 6.75. The van der Waals surface area contributed by atoms with Gasteiger partial charge in [-0.25, -0.2) is 0 Å². The first-order chi connectivity index (χ1) is 13.5. The van der Waals surface area contributed by atoms with Crippen molar-refractivity contribution >= 4 is 20.1 Å². The van der Waals surface area contributed by atoms with Gasteiger partial charge in [0.1, 0.15) is 0 Å². The molecule has 0 spiro atoms. The molecule has 2 aromatic rings. The Morgan fingerprint density at radius 3 is 2.14 bits per heavy atom. The maximum absolute atomic E-state index is 5.91. The Balaban J connectivity index is 2.09. The van der Waals surface area contributed by atoms with Gasteiger partial charge in [-0.1, -0.05) is 0 Å². The molecule has 0 N–H and O–H groups in total. The van der Waals surface area contributed by atoms with E-state index in [9.17, 15) is 0 Å². The molecule has 0 amide bonds. The molecule has 2 aromatic carbocycles. The second kappa shape index (κ2) is 7.63. The van der Waals surface area contributed by atoms with Crippen LogP contribution in [0.25, 0.3) is 11.1 Å². The second-order valence-electron chi connectivity index (χ2n) is 7.20. The van der Waals surface area contributed by atoms with Crippen LogP contribution >= 0.6 is 20.1 Å². The fourth-order valence-corrected chi connectivity index (χ4v) is 7.67. The molecule has 0 radical (unpaired) electrons. The molecule has 2 aliphatic rings. The van der Waals surface area contributed by atoms with Gasteiger partial charge >= 0.3 is 175 Å². The Morgan fingerprint density at radius 2 is 1.54 bits per heavy atom. The number of hydrogen-bond acceptors (Lipinski definition) is 5. The molecule has 0 saturated carbocycles. The SMILES string of the molecule is COc1ccc2c(c1OC)-c1c(OC)c(OC)cc3c1[C@H](C2)N(I(C)C)CC3.